The summed E-state index contributed by atoms with van der Waals surface area (Å²) in [6, 6.07) is 6.28. The van der Waals surface area contributed by atoms with E-state index in [2.05, 4.69) is 18.7 Å². The van der Waals surface area contributed by atoms with Gasteiger partial charge in [0, 0.05) is 6.54 Å². The van der Waals surface area contributed by atoms with Gasteiger partial charge in [0.25, 0.3) is 0 Å². The third kappa shape index (κ3) is 4.03. The molecule has 0 saturated carbocycles. The lowest BCUT2D eigenvalue weighted by atomic mass is 9.78. The van der Waals surface area contributed by atoms with Crippen LogP contribution >= 0.6 is 0 Å². The number of aliphatic hydroxyl groups is 1. The molecule has 1 heterocycles. The molecule has 1 aromatic carbocycles. The zero-order chi connectivity index (χ0) is 14.6. The Bertz CT molecular complexity index is 427. The van der Waals surface area contributed by atoms with Crippen molar-refractivity contribution in [2.24, 2.45) is 5.41 Å². The molecule has 112 valence electrons. The van der Waals surface area contributed by atoms with Crippen LogP contribution in [0.2, 0.25) is 0 Å². The molecular weight excluding hydrogens is 253 g/mol. The number of halogens is 1. The number of likely N-dealkylation sites (tertiary alicyclic amines) is 1. The molecule has 0 radical (unpaired) electrons. The Kier molecular flexibility index (Phi) is 5.17. The molecule has 0 aliphatic carbocycles. The molecule has 1 unspecified atom stereocenters. The Morgan fingerprint density at radius 2 is 2.05 bits per heavy atom. The first-order chi connectivity index (χ1) is 9.52. The minimum absolute atomic E-state index is 0.279. The highest BCUT2D eigenvalue weighted by molar-refractivity contribution is 5.18. The molecule has 2 rings (SSSR count). The standard InChI is InChI=1S/C17H26FNO/c1-3-17(2)8-11-19(12-9-17)10-7-16(20)14-5-4-6-15(18)13-14/h4-6,13,16,20H,3,7-12H2,1-2H3. The fourth-order valence-corrected chi connectivity index (χ4v) is 2.86. The van der Waals surface area contributed by atoms with Gasteiger partial charge in [-0.15, -0.1) is 0 Å². The third-order valence-corrected chi connectivity index (χ3v) is 4.87. The Balaban J connectivity index is 1.79. The highest BCUT2D eigenvalue weighted by Crippen LogP contribution is 2.34. The van der Waals surface area contributed by atoms with Crippen molar-refractivity contribution >= 4 is 0 Å². The Morgan fingerprint density at radius 1 is 1.35 bits per heavy atom. The van der Waals surface area contributed by atoms with E-state index in [4.69, 9.17) is 0 Å². The first-order valence-electron chi connectivity index (χ1n) is 7.68. The number of hydrogen-bond donors (Lipinski definition) is 1. The molecule has 0 bridgehead atoms. The van der Waals surface area contributed by atoms with Crippen LogP contribution in [0.15, 0.2) is 24.3 Å². The number of benzene rings is 1. The van der Waals surface area contributed by atoms with Crippen LogP contribution in [0.5, 0.6) is 0 Å². The van der Waals surface area contributed by atoms with E-state index in [0.29, 0.717) is 17.4 Å². The van der Waals surface area contributed by atoms with E-state index in [1.807, 2.05) is 0 Å². The summed E-state index contributed by atoms with van der Waals surface area (Å²) in [5.74, 6) is -0.279. The first kappa shape index (κ1) is 15.5. The maximum absolute atomic E-state index is 13.1. The van der Waals surface area contributed by atoms with E-state index in [9.17, 15) is 9.50 Å². The number of rotatable bonds is 5. The van der Waals surface area contributed by atoms with E-state index >= 15 is 0 Å². The fourth-order valence-electron chi connectivity index (χ4n) is 2.86. The smallest absolute Gasteiger partial charge is 0.123 e. The zero-order valence-electron chi connectivity index (χ0n) is 12.6. The molecule has 0 amide bonds. The third-order valence-electron chi connectivity index (χ3n) is 4.87. The molecule has 3 heteroatoms. The van der Waals surface area contributed by atoms with Crippen LogP contribution in [-0.4, -0.2) is 29.6 Å². The Hall–Kier alpha value is -0.930. The molecule has 1 aromatic rings. The van der Waals surface area contributed by atoms with E-state index in [-0.39, 0.29) is 5.82 Å². The van der Waals surface area contributed by atoms with Crippen LogP contribution in [0.1, 0.15) is 51.2 Å². The monoisotopic (exact) mass is 279 g/mol. The predicted molar refractivity (Wildman–Crippen MR) is 80.0 cm³/mol. The van der Waals surface area contributed by atoms with Crippen LogP contribution < -0.4 is 0 Å². The van der Waals surface area contributed by atoms with Crippen LogP contribution in [0.4, 0.5) is 4.39 Å². The van der Waals surface area contributed by atoms with E-state index in [1.165, 1.54) is 31.4 Å². The van der Waals surface area contributed by atoms with E-state index in [1.54, 1.807) is 12.1 Å². The highest BCUT2D eigenvalue weighted by Gasteiger charge is 2.28. The average Bonchev–Trinajstić information content (AvgIpc) is 2.46. The summed E-state index contributed by atoms with van der Waals surface area (Å²) < 4.78 is 13.1. The van der Waals surface area contributed by atoms with Crippen LogP contribution in [-0.2, 0) is 0 Å². The SMILES string of the molecule is CCC1(C)CCN(CCC(O)c2cccc(F)c2)CC1. The normalized spacial score (nSPS) is 20.8. The molecule has 0 aromatic heterocycles. The van der Waals surface area contributed by atoms with Crippen molar-refractivity contribution in [3.05, 3.63) is 35.6 Å². The zero-order valence-corrected chi connectivity index (χ0v) is 12.6. The quantitative estimate of drug-likeness (QED) is 0.887. The Labute approximate surface area is 121 Å². The summed E-state index contributed by atoms with van der Waals surface area (Å²) in [5.41, 5.74) is 1.18. The molecule has 1 saturated heterocycles. The molecule has 1 N–H and O–H groups in total. The Morgan fingerprint density at radius 3 is 2.65 bits per heavy atom. The predicted octanol–water partition coefficient (Wildman–Crippen LogP) is 3.76. The topological polar surface area (TPSA) is 23.5 Å². The number of aliphatic hydroxyl groups excluding tert-OH is 1. The lowest BCUT2D eigenvalue weighted by molar-refractivity contribution is 0.0909. The largest absolute Gasteiger partial charge is 0.388 e. The van der Waals surface area contributed by atoms with Gasteiger partial charge in [0.2, 0.25) is 0 Å². The van der Waals surface area contributed by atoms with Crippen LogP contribution in [0.3, 0.4) is 0 Å². The maximum atomic E-state index is 13.1. The molecule has 1 aliphatic heterocycles. The minimum Gasteiger partial charge on any atom is -0.388 e. The van der Waals surface area contributed by atoms with Crippen molar-refractivity contribution < 1.29 is 9.50 Å². The first-order valence-corrected chi connectivity index (χ1v) is 7.68. The van der Waals surface area contributed by atoms with Crippen molar-refractivity contribution in [2.45, 2.75) is 45.6 Å². The van der Waals surface area contributed by atoms with Gasteiger partial charge in [-0.3, -0.25) is 0 Å². The summed E-state index contributed by atoms with van der Waals surface area (Å²) >= 11 is 0. The maximum Gasteiger partial charge on any atom is 0.123 e. The average molecular weight is 279 g/mol. The number of hydrogen-bond acceptors (Lipinski definition) is 2. The fraction of sp³-hybridized carbons (Fsp3) is 0.647. The van der Waals surface area contributed by atoms with E-state index in [0.717, 1.165) is 19.6 Å². The molecule has 20 heavy (non-hydrogen) atoms. The van der Waals surface area contributed by atoms with E-state index < -0.39 is 6.10 Å². The number of nitrogens with zero attached hydrogens (tertiary/aromatic N) is 1. The van der Waals surface area contributed by atoms with Crippen molar-refractivity contribution in [1.29, 1.82) is 0 Å². The summed E-state index contributed by atoms with van der Waals surface area (Å²) in [5, 5.41) is 10.1. The van der Waals surface area contributed by atoms with Crippen LogP contribution in [0.25, 0.3) is 0 Å². The van der Waals surface area contributed by atoms with Gasteiger partial charge in [0.15, 0.2) is 0 Å². The molecule has 1 fully saturated rings. The summed E-state index contributed by atoms with van der Waals surface area (Å²) in [7, 11) is 0. The lowest BCUT2D eigenvalue weighted by Crippen LogP contribution is -2.39. The summed E-state index contributed by atoms with van der Waals surface area (Å²) in [6.45, 7) is 7.74. The van der Waals surface area contributed by atoms with Crippen molar-refractivity contribution in [1.82, 2.24) is 4.90 Å². The van der Waals surface area contributed by atoms with Gasteiger partial charge in [-0.1, -0.05) is 32.4 Å². The van der Waals surface area contributed by atoms with Gasteiger partial charge in [0.1, 0.15) is 5.82 Å². The second-order valence-electron chi connectivity index (χ2n) is 6.37. The highest BCUT2D eigenvalue weighted by atomic mass is 19.1. The molecule has 1 atom stereocenters. The van der Waals surface area contributed by atoms with Crippen LogP contribution in [0, 0.1) is 11.2 Å². The summed E-state index contributed by atoms with van der Waals surface area (Å²) in [6.07, 6.45) is 3.82. The van der Waals surface area contributed by atoms with Gasteiger partial charge in [-0.25, -0.2) is 4.39 Å². The minimum atomic E-state index is -0.565. The van der Waals surface area contributed by atoms with Gasteiger partial charge in [-0.2, -0.15) is 0 Å². The van der Waals surface area contributed by atoms with Gasteiger partial charge in [-0.05, 0) is 55.5 Å². The molecule has 2 nitrogen and oxygen atoms in total. The van der Waals surface area contributed by atoms with Crippen molar-refractivity contribution in [2.75, 3.05) is 19.6 Å². The van der Waals surface area contributed by atoms with Gasteiger partial charge >= 0.3 is 0 Å². The summed E-state index contributed by atoms with van der Waals surface area (Å²) in [4.78, 5) is 2.42. The van der Waals surface area contributed by atoms with Crippen molar-refractivity contribution in [3.8, 4) is 0 Å². The number of piperidine rings is 1. The lowest BCUT2D eigenvalue weighted by Gasteiger charge is -2.39. The second-order valence-corrected chi connectivity index (χ2v) is 6.37. The second kappa shape index (κ2) is 6.68. The van der Waals surface area contributed by atoms with Gasteiger partial charge < -0.3 is 10.0 Å². The molecular formula is C17H26FNO. The molecule has 1 aliphatic rings. The van der Waals surface area contributed by atoms with Gasteiger partial charge in [0.05, 0.1) is 6.10 Å². The molecule has 0 spiro atoms. The van der Waals surface area contributed by atoms with Crippen molar-refractivity contribution in [3.63, 3.8) is 0 Å².